The minimum atomic E-state index is -0.182. The Labute approximate surface area is 169 Å². The van der Waals surface area contributed by atoms with Gasteiger partial charge in [0.2, 0.25) is 0 Å². The summed E-state index contributed by atoms with van der Waals surface area (Å²) in [5.41, 5.74) is 0.360. The molecule has 1 aromatic carbocycles. The van der Waals surface area contributed by atoms with Crippen molar-refractivity contribution in [2.24, 2.45) is 0 Å². The Morgan fingerprint density at radius 1 is 0.889 bits per heavy atom. The number of nitrogens with one attached hydrogen (secondary N) is 1. The number of hydrogen-bond donors (Lipinski definition) is 2. The summed E-state index contributed by atoms with van der Waals surface area (Å²) in [6.07, 6.45) is 17.3. The zero-order chi connectivity index (χ0) is 19.7. The normalized spacial score (nSPS) is 12.1. The Hall–Kier alpha value is -1.16. The lowest BCUT2D eigenvalue weighted by Crippen LogP contribution is -2.26. The minimum Gasteiger partial charge on any atom is -0.507 e. The van der Waals surface area contributed by atoms with E-state index >= 15 is 0 Å². The molecule has 0 saturated heterocycles. The number of carbonyl (C=O) groups excluding carboxylic acids is 1. The third kappa shape index (κ3) is 12.0. The van der Waals surface area contributed by atoms with Crippen LogP contribution in [0.25, 0.3) is 0 Å². The van der Waals surface area contributed by atoms with Gasteiger partial charge in [-0.2, -0.15) is 0 Å². The lowest BCUT2D eigenvalue weighted by atomic mass is 10.1. The zero-order valence-electron chi connectivity index (χ0n) is 17.5. The predicted molar refractivity (Wildman–Crippen MR) is 120 cm³/mol. The first-order valence-electron chi connectivity index (χ1n) is 10.8. The van der Waals surface area contributed by atoms with E-state index in [0.29, 0.717) is 23.0 Å². The van der Waals surface area contributed by atoms with E-state index in [1.165, 1.54) is 75.7 Å². The minimum absolute atomic E-state index is 0.0474. The average molecular weight is 395 g/mol. The third-order valence-corrected chi connectivity index (χ3v) is 6.92. The van der Waals surface area contributed by atoms with Crippen LogP contribution in [-0.2, 0) is 10.9 Å². The van der Waals surface area contributed by atoms with Crippen LogP contribution in [0.4, 0.5) is 0 Å². The van der Waals surface area contributed by atoms with Crippen LogP contribution >= 0.6 is 0 Å². The van der Waals surface area contributed by atoms with Crippen molar-refractivity contribution in [3.63, 3.8) is 0 Å². The summed E-state index contributed by atoms with van der Waals surface area (Å²) in [6.45, 7) is 2.96. The summed E-state index contributed by atoms with van der Waals surface area (Å²) in [6, 6.07) is 6.69. The lowest BCUT2D eigenvalue weighted by molar-refractivity contribution is 0.0951. The van der Waals surface area contributed by atoms with E-state index in [1.807, 2.05) is 0 Å². The molecular weight excluding hydrogens is 354 g/mol. The van der Waals surface area contributed by atoms with E-state index in [2.05, 4.69) is 18.5 Å². The van der Waals surface area contributed by atoms with Crippen molar-refractivity contribution in [2.75, 3.05) is 24.3 Å². The van der Waals surface area contributed by atoms with Crippen LogP contribution in [0.5, 0.6) is 5.75 Å². The summed E-state index contributed by atoms with van der Waals surface area (Å²) in [7, 11) is 0.453. The average Bonchev–Trinajstić information content (AvgIpc) is 2.67. The number of para-hydroxylation sites is 1. The third-order valence-electron chi connectivity index (χ3n) is 4.95. The van der Waals surface area contributed by atoms with Gasteiger partial charge in [-0.05, 0) is 35.9 Å². The van der Waals surface area contributed by atoms with Crippen molar-refractivity contribution in [1.82, 2.24) is 5.32 Å². The number of benzene rings is 1. The zero-order valence-corrected chi connectivity index (χ0v) is 18.3. The Bertz CT molecular complexity index is 507. The van der Waals surface area contributed by atoms with Gasteiger partial charge in [0.1, 0.15) is 17.3 Å². The van der Waals surface area contributed by atoms with Crippen molar-refractivity contribution < 1.29 is 9.90 Å². The van der Waals surface area contributed by atoms with Crippen LogP contribution in [-0.4, -0.2) is 35.3 Å². The van der Waals surface area contributed by atoms with Crippen LogP contribution < -0.4 is 5.32 Å². The van der Waals surface area contributed by atoms with Gasteiger partial charge in [0.15, 0.2) is 0 Å². The maximum Gasteiger partial charge on any atom is 0.255 e. The van der Waals surface area contributed by atoms with E-state index < -0.39 is 0 Å². The van der Waals surface area contributed by atoms with Crippen LogP contribution in [0, 0.1) is 0 Å². The molecule has 0 aromatic heterocycles. The van der Waals surface area contributed by atoms with Gasteiger partial charge in [-0.15, -0.1) is 0 Å². The second kappa shape index (κ2) is 15.9. The molecule has 0 spiro atoms. The number of phenolic OH excluding ortho intramolecular Hbond substituents is 1. The van der Waals surface area contributed by atoms with Crippen molar-refractivity contribution in [3.05, 3.63) is 29.8 Å². The van der Waals surface area contributed by atoms with Crippen LogP contribution in [0.2, 0.25) is 0 Å². The standard InChI is InChI=1S/C23H39NO2S/c1-3-4-5-6-7-8-9-10-11-14-19-27(2)20-15-18-24-23(26)21-16-12-13-17-22(21)25/h12-13,16-17H,3-11,14-15,18-20H2,1-2H3,(H-,24,25,26)/p+1. The Balaban J connectivity index is 1.93. The molecule has 0 fully saturated rings. The fourth-order valence-electron chi connectivity index (χ4n) is 3.22. The van der Waals surface area contributed by atoms with E-state index in [4.69, 9.17) is 0 Å². The molecule has 4 heteroatoms. The highest BCUT2D eigenvalue weighted by Gasteiger charge is 2.12. The molecule has 0 aliphatic heterocycles. The number of phenols is 1. The van der Waals surface area contributed by atoms with Gasteiger partial charge in [0.25, 0.3) is 5.91 Å². The monoisotopic (exact) mass is 394 g/mol. The molecule has 0 aliphatic carbocycles. The number of unbranched alkanes of at least 4 members (excludes halogenated alkanes) is 9. The molecule has 154 valence electrons. The van der Waals surface area contributed by atoms with Crippen molar-refractivity contribution in [1.29, 1.82) is 0 Å². The molecule has 0 saturated carbocycles. The molecule has 1 atom stereocenters. The van der Waals surface area contributed by atoms with Crippen molar-refractivity contribution in [3.8, 4) is 5.75 Å². The molecule has 3 nitrogen and oxygen atoms in total. The topological polar surface area (TPSA) is 49.3 Å². The lowest BCUT2D eigenvalue weighted by Gasteiger charge is -2.07. The fraction of sp³-hybridized carbons (Fsp3) is 0.696. The highest BCUT2D eigenvalue weighted by molar-refractivity contribution is 7.96. The smallest absolute Gasteiger partial charge is 0.255 e. The SMILES string of the molecule is CCCCCCCCCCCC[S+](C)CCCNC(=O)c1ccccc1O. The largest absolute Gasteiger partial charge is 0.507 e. The van der Waals surface area contributed by atoms with Gasteiger partial charge in [-0.25, -0.2) is 0 Å². The molecule has 1 unspecified atom stereocenters. The van der Waals surface area contributed by atoms with Gasteiger partial charge in [0, 0.05) is 13.0 Å². The quantitative estimate of drug-likeness (QED) is 0.280. The molecule has 2 N–H and O–H groups in total. The first-order chi connectivity index (χ1) is 13.1. The fourth-order valence-corrected chi connectivity index (χ4v) is 4.76. The van der Waals surface area contributed by atoms with Gasteiger partial charge in [-0.3, -0.25) is 4.79 Å². The highest BCUT2D eigenvalue weighted by atomic mass is 32.2. The highest BCUT2D eigenvalue weighted by Crippen LogP contribution is 2.15. The Kier molecular flexibility index (Phi) is 14.0. The van der Waals surface area contributed by atoms with Gasteiger partial charge in [-0.1, -0.05) is 70.4 Å². The summed E-state index contributed by atoms with van der Waals surface area (Å²) in [5, 5.41) is 12.6. The summed E-state index contributed by atoms with van der Waals surface area (Å²) >= 11 is 0. The number of rotatable bonds is 16. The maximum absolute atomic E-state index is 12.0. The molecular formula is C23H40NO2S+. The van der Waals surface area contributed by atoms with E-state index in [-0.39, 0.29) is 11.7 Å². The number of aromatic hydroxyl groups is 1. The first-order valence-corrected chi connectivity index (χ1v) is 12.8. The molecule has 1 rings (SSSR count). The van der Waals surface area contributed by atoms with Gasteiger partial charge >= 0.3 is 0 Å². The number of carbonyl (C=O) groups is 1. The molecule has 27 heavy (non-hydrogen) atoms. The molecule has 0 radical (unpaired) electrons. The van der Waals surface area contributed by atoms with Gasteiger partial charge < -0.3 is 10.4 Å². The number of hydrogen-bond acceptors (Lipinski definition) is 2. The van der Waals surface area contributed by atoms with Crippen LogP contribution in [0.3, 0.4) is 0 Å². The summed E-state index contributed by atoms with van der Waals surface area (Å²) in [5.74, 6) is 2.37. The van der Waals surface area contributed by atoms with Crippen molar-refractivity contribution >= 4 is 16.8 Å². The van der Waals surface area contributed by atoms with Gasteiger partial charge in [0.05, 0.1) is 11.8 Å². The summed E-state index contributed by atoms with van der Waals surface area (Å²) < 4.78 is 0. The first kappa shape index (κ1) is 23.9. The van der Waals surface area contributed by atoms with Crippen molar-refractivity contribution in [2.45, 2.75) is 77.6 Å². The van der Waals surface area contributed by atoms with E-state index in [9.17, 15) is 9.90 Å². The van der Waals surface area contributed by atoms with E-state index in [0.717, 1.165) is 6.42 Å². The second-order valence-corrected chi connectivity index (χ2v) is 9.88. The second-order valence-electron chi connectivity index (χ2n) is 7.50. The molecule has 1 amide bonds. The Morgan fingerprint density at radius 2 is 1.44 bits per heavy atom. The van der Waals surface area contributed by atoms with Crippen LogP contribution in [0.15, 0.2) is 24.3 Å². The van der Waals surface area contributed by atoms with Crippen LogP contribution in [0.1, 0.15) is 87.9 Å². The Morgan fingerprint density at radius 3 is 2.07 bits per heavy atom. The molecule has 1 aromatic rings. The molecule has 0 aliphatic rings. The summed E-state index contributed by atoms with van der Waals surface area (Å²) in [4.78, 5) is 12.0. The van der Waals surface area contributed by atoms with E-state index in [1.54, 1.807) is 24.3 Å². The molecule has 0 heterocycles. The molecule has 0 bridgehead atoms. The maximum atomic E-state index is 12.0. The predicted octanol–water partition coefficient (Wildman–Crippen LogP) is 5.68. The number of amides is 1.